The highest BCUT2D eigenvalue weighted by molar-refractivity contribution is 5.66. The molecule has 7 heteroatoms. The molecule has 1 aromatic carbocycles. The van der Waals surface area contributed by atoms with Crippen LogP contribution in [0.5, 0.6) is 11.5 Å². The van der Waals surface area contributed by atoms with Crippen molar-refractivity contribution < 1.29 is 24.2 Å². The van der Waals surface area contributed by atoms with Crippen molar-refractivity contribution in [2.24, 2.45) is 0 Å². The molecule has 1 amide bonds. The molecule has 0 unspecified atom stereocenters. The van der Waals surface area contributed by atoms with Gasteiger partial charge in [0.2, 0.25) is 0 Å². The van der Waals surface area contributed by atoms with Crippen LogP contribution in [0, 0.1) is 5.82 Å². The summed E-state index contributed by atoms with van der Waals surface area (Å²) in [6, 6.07) is 2.19. The zero-order valence-electron chi connectivity index (χ0n) is 13.2. The first kappa shape index (κ1) is 17.3. The van der Waals surface area contributed by atoms with Crippen molar-refractivity contribution >= 4 is 6.09 Å². The number of nitrogens with zero attached hydrogens (tertiary/aromatic N) is 1. The van der Waals surface area contributed by atoms with Crippen molar-refractivity contribution in [3.8, 4) is 11.5 Å². The molecule has 1 aliphatic heterocycles. The fourth-order valence-electron chi connectivity index (χ4n) is 2.67. The van der Waals surface area contributed by atoms with E-state index in [0.717, 1.165) is 18.9 Å². The Kier molecular flexibility index (Phi) is 6.04. The van der Waals surface area contributed by atoms with Crippen LogP contribution in [0.1, 0.15) is 44.1 Å². The van der Waals surface area contributed by atoms with Gasteiger partial charge in [0.1, 0.15) is 5.75 Å². The molecule has 6 nitrogen and oxygen atoms in total. The van der Waals surface area contributed by atoms with Crippen LogP contribution in [0.15, 0.2) is 12.1 Å². The van der Waals surface area contributed by atoms with E-state index in [2.05, 4.69) is 5.32 Å². The van der Waals surface area contributed by atoms with E-state index in [4.69, 9.17) is 4.84 Å². The van der Waals surface area contributed by atoms with Gasteiger partial charge in [-0.3, -0.25) is 0 Å². The van der Waals surface area contributed by atoms with Gasteiger partial charge in [-0.1, -0.05) is 13.3 Å². The fraction of sp³-hybridized carbons (Fsp3) is 0.562. The van der Waals surface area contributed by atoms with Gasteiger partial charge in [-0.2, -0.15) is 0 Å². The van der Waals surface area contributed by atoms with E-state index in [1.807, 2.05) is 6.92 Å². The van der Waals surface area contributed by atoms with Crippen LogP contribution < -0.4 is 5.32 Å². The molecule has 3 N–H and O–H groups in total. The maximum Gasteiger partial charge on any atom is 0.426 e. The summed E-state index contributed by atoms with van der Waals surface area (Å²) in [5.41, 5.74) is 0.479. The number of hydrogen-bond donors (Lipinski definition) is 3. The van der Waals surface area contributed by atoms with Crippen molar-refractivity contribution in [3.63, 3.8) is 0 Å². The standard InChI is InChI=1S/C16H23FN2O4/c1-2-3-6-18-16(22)23-19-7-4-11(5-8-19)12-9-13(17)15(21)10-14(12)20/h9-11,20-21H,2-8H2,1H3,(H,18,22). The van der Waals surface area contributed by atoms with E-state index < -0.39 is 17.7 Å². The summed E-state index contributed by atoms with van der Waals surface area (Å²) < 4.78 is 13.5. The monoisotopic (exact) mass is 326 g/mol. The predicted molar refractivity (Wildman–Crippen MR) is 82.7 cm³/mol. The minimum Gasteiger partial charge on any atom is -0.508 e. The van der Waals surface area contributed by atoms with Crippen LogP contribution in [0.25, 0.3) is 0 Å². The number of carbonyl (C=O) groups is 1. The molecule has 0 aliphatic carbocycles. The zero-order chi connectivity index (χ0) is 16.8. The van der Waals surface area contributed by atoms with Gasteiger partial charge in [0.15, 0.2) is 11.6 Å². The first-order valence-corrected chi connectivity index (χ1v) is 7.93. The topological polar surface area (TPSA) is 82.0 Å². The summed E-state index contributed by atoms with van der Waals surface area (Å²) in [6.45, 7) is 3.65. The Hall–Kier alpha value is -2.02. The van der Waals surface area contributed by atoms with Gasteiger partial charge in [0.25, 0.3) is 0 Å². The van der Waals surface area contributed by atoms with Gasteiger partial charge in [0, 0.05) is 31.3 Å². The third-order valence-electron chi connectivity index (χ3n) is 4.00. The number of hydroxylamine groups is 2. The number of aromatic hydroxyl groups is 2. The molecule has 1 heterocycles. The molecule has 128 valence electrons. The van der Waals surface area contributed by atoms with Crippen LogP contribution >= 0.6 is 0 Å². The summed E-state index contributed by atoms with van der Waals surface area (Å²) in [6.07, 6.45) is 2.69. The third kappa shape index (κ3) is 4.72. The number of phenolic OH excluding ortho intramolecular Hbond substituents is 2. The van der Waals surface area contributed by atoms with E-state index in [-0.39, 0.29) is 11.7 Å². The number of carbonyl (C=O) groups excluding carboxylic acids is 1. The van der Waals surface area contributed by atoms with Gasteiger partial charge in [-0.05, 0) is 31.2 Å². The second-order valence-electron chi connectivity index (χ2n) is 5.72. The molecule has 0 radical (unpaired) electrons. The number of phenols is 2. The molecule has 0 bridgehead atoms. The second-order valence-corrected chi connectivity index (χ2v) is 5.72. The molecule has 1 aliphatic rings. The van der Waals surface area contributed by atoms with E-state index in [1.165, 1.54) is 6.07 Å². The minimum atomic E-state index is -0.744. The summed E-state index contributed by atoms with van der Waals surface area (Å²) in [5, 5.41) is 23.4. The molecule has 0 atom stereocenters. The van der Waals surface area contributed by atoms with Crippen LogP contribution in [-0.2, 0) is 4.84 Å². The van der Waals surface area contributed by atoms with Gasteiger partial charge in [0.05, 0.1) is 0 Å². The molecule has 1 saturated heterocycles. The van der Waals surface area contributed by atoms with E-state index in [0.29, 0.717) is 38.0 Å². The lowest BCUT2D eigenvalue weighted by atomic mass is 9.89. The molecular weight excluding hydrogens is 303 g/mol. The third-order valence-corrected chi connectivity index (χ3v) is 4.00. The normalized spacial score (nSPS) is 16.3. The number of amides is 1. The summed E-state index contributed by atoms with van der Waals surface area (Å²) >= 11 is 0. The first-order chi connectivity index (χ1) is 11.0. The molecule has 23 heavy (non-hydrogen) atoms. The largest absolute Gasteiger partial charge is 0.508 e. The molecule has 0 aromatic heterocycles. The zero-order valence-corrected chi connectivity index (χ0v) is 13.2. The van der Waals surface area contributed by atoms with Crippen molar-refractivity contribution in [2.75, 3.05) is 19.6 Å². The molecule has 0 saturated carbocycles. The summed E-state index contributed by atoms with van der Waals surface area (Å²) in [4.78, 5) is 16.8. The Morgan fingerprint density at radius 2 is 2.04 bits per heavy atom. The Morgan fingerprint density at radius 1 is 1.35 bits per heavy atom. The van der Waals surface area contributed by atoms with Crippen molar-refractivity contribution in [1.82, 2.24) is 10.4 Å². The number of unbranched alkanes of at least 4 members (excludes halogenated alkanes) is 1. The first-order valence-electron chi connectivity index (χ1n) is 7.93. The average Bonchev–Trinajstić information content (AvgIpc) is 2.52. The van der Waals surface area contributed by atoms with E-state index >= 15 is 0 Å². The average molecular weight is 326 g/mol. The van der Waals surface area contributed by atoms with Crippen molar-refractivity contribution in [2.45, 2.75) is 38.5 Å². The van der Waals surface area contributed by atoms with Crippen LogP contribution in [0.4, 0.5) is 9.18 Å². The number of benzene rings is 1. The van der Waals surface area contributed by atoms with Crippen LogP contribution in [0.3, 0.4) is 0 Å². The number of hydrogen-bond acceptors (Lipinski definition) is 5. The Bertz CT molecular complexity index is 545. The van der Waals surface area contributed by atoms with Crippen LogP contribution in [0.2, 0.25) is 0 Å². The highest BCUT2D eigenvalue weighted by atomic mass is 19.1. The SMILES string of the molecule is CCCCNC(=O)ON1CCC(c2cc(F)c(O)cc2O)CC1. The Labute approximate surface area is 134 Å². The number of piperidine rings is 1. The summed E-state index contributed by atoms with van der Waals surface area (Å²) in [7, 11) is 0. The molecule has 1 aromatic rings. The Morgan fingerprint density at radius 3 is 2.70 bits per heavy atom. The molecule has 2 rings (SSSR count). The van der Waals surface area contributed by atoms with Crippen molar-refractivity contribution in [3.05, 3.63) is 23.5 Å². The lowest BCUT2D eigenvalue weighted by Crippen LogP contribution is -2.38. The van der Waals surface area contributed by atoms with E-state index in [9.17, 15) is 19.4 Å². The molecule has 1 fully saturated rings. The van der Waals surface area contributed by atoms with Gasteiger partial charge >= 0.3 is 6.09 Å². The molecule has 0 spiro atoms. The highest BCUT2D eigenvalue weighted by Gasteiger charge is 2.25. The second kappa shape index (κ2) is 8.01. The quantitative estimate of drug-likeness (QED) is 0.725. The Balaban J connectivity index is 1.84. The fourth-order valence-corrected chi connectivity index (χ4v) is 2.67. The van der Waals surface area contributed by atoms with Crippen LogP contribution in [-0.4, -0.2) is 41.0 Å². The van der Waals surface area contributed by atoms with Gasteiger partial charge in [-0.25, -0.2) is 9.18 Å². The minimum absolute atomic E-state index is 0.0342. The lowest BCUT2D eigenvalue weighted by molar-refractivity contribution is -0.113. The van der Waals surface area contributed by atoms with Gasteiger partial charge < -0.3 is 20.4 Å². The number of rotatable bonds is 5. The summed E-state index contributed by atoms with van der Waals surface area (Å²) in [5.74, 6) is -1.45. The highest BCUT2D eigenvalue weighted by Crippen LogP contribution is 2.36. The van der Waals surface area contributed by atoms with E-state index in [1.54, 1.807) is 5.06 Å². The maximum atomic E-state index is 13.5. The number of halogens is 1. The van der Waals surface area contributed by atoms with Crippen molar-refractivity contribution in [1.29, 1.82) is 0 Å². The maximum absolute atomic E-state index is 13.5. The number of nitrogens with one attached hydrogen (secondary N) is 1. The predicted octanol–water partition coefficient (Wildman–Crippen LogP) is 2.86. The molecular formula is C16H23FN2O4. The smallest absolute Gasteiger partial charge is 0.426 e. The lowest BCUT2D eigenvalue weighted by Gasteiger charge is -2.30. The van der Waals surface area contributed by atoms with Gasteiger partial charge in [-0.15, -0.1) is 5.06 Å².